The van der Waals surface area contributed by atoms with E-state index in [9.17, 15) is 4.79 Å². The number of benzene rings is 2. The number of ether oxygens (including phenoxy) is 1. The minimum atomic E-state index is -0.328. The molecule has 0 N–H and O–H groups in total. The summed E-state index contributed by atoms with van der Waals surface area (Å²) in [6.45, 7) is 5.13. The van der Waals surface area contributed by atoms with Gasteiger partial charge in [-0.3, -0.25) is 4.79 Å². The van der Waals surface area contributed by atoms with Crippen LogP contribution in [0.3, 0.4) is 0 Å². The van der Waals surface area contributed by atoms with E-state index in [1.807, 2.05) is 42.5 Å². The predicted octanol–water partition coefficient (Wildman–Crippen LogP) is 3.92. The molecule has 0 aliphatic rings. The van der Waals surface area contributed by atoms with Crippen molar-refractivity contribution in [2.75, 3.05) is 0 Å². The van der Waals surface area contributed by atoms with Crippen molar-refractivity contribution in [2.24, 2.45) is 0 Å². The second-order valence-electron chi connectivity index (χ2n) is 3.92. The van der Waals surface area contributed by atoms with Gasteiger partial charge >= 0.3 is 5.97 Å². The monoisotopic (exact) mass is 238 g/mol. The summed E-state index contributed by atoms with van der Waals surface area (Å²) in [5, 5.41) is 0. The molecule has 0 aromatic heterocycles. The van der Waals surface area contributed by atoms with Crippen molar-refractivity contribution in [1.82, 2.24) is 0 Å². The molecular weight excluding hydrogens is 224 g/mol. The molecule has 0 aliphatic carbocycles. The largest absolute Gasteiger partial charge is 0.426 e. The Bertz CT molecular complexity index is 571. The smallest absolute Gasteiger partial charge is 0.308 e. The lowest BCUT2D eigenvalue weighted by Crippen LogP contribution is -2.02. The summed E-state index contributed by atoms with van der Waals surface area (Å²) in [7, 11) is 0. The normalized spacial score (nSPS) is 9.83. The lowest BCUT2D eigenvalue weighted by molar-refractivity contribution is -0.131. The zero-order chi connectivity index (χ0) is 13.0. The number of rotatable bonds is 3. The Balaban J connectivity index is 2.42. The van der Waals surface area contributed by atoms with Crippen molar-refractivity contribution in [1.29, 1.82) is 0 Å². The van der Waals surface area contributed by atoms with Gasteiger partial charge in [0.15, 0.2) is 0 Å². The Morgan fingerprint density at radius 2 is 1.83 bits per heavy atom. The van der Waals surface area contributed by atoms with Crippen LogP contribution in [0.25, 0.3) is 17.2 Å². The number of carbonyl (C=O) groups excluding carboxylic acids is 1. The fourth-order valence-corrected chi connectivity index (χ4v) is 1.77. The first-order valence-electron chi connectivity index (χ1n) is 5.71. The molecule has 0 fully saturated rings. The third-order valence-corrected chi connectivity index (χ3v) is 2.59. The molecule has 0 amide bonds. The van der Waals surface area contributed by atoms with Gasteiger partial charge in [0.25, 0.3) is 0 Å². The molecule has 0 saturated carbocycles. The molecule has 0 unspecified atom stereocenters. The van der Waals surface area contributed by atoms with Crippen LogP contribution < -0.4 is 4.74 Å². The van der Waals surface area contributed by atoms with Gasteiger partial charge in [0.05, 0.1) is 0 Å². The van der Waals surface area contributed by atoms with Crippen LogP contribution >= 0.6 is 0 Å². The molecule has 0 saturated heterocycles. The van der Waals surface area contributed by atoms with E-state index in [2.05, 4.69) is 6.58 Å². The van der Waals surface area contributed by atoms with Crippen molar-refractivity contribution < 1.29 is 9.53 Å². The van der Waals surface area contributed by atoms with Gasteiger partial charge < -0.3 is 4.74 Å². The van der Waals surface area contributed by atoms with E-state index < -0.39 is 0 Å². The maximum atomic E-state index is 11.0. The van der Waals surface area contributed by atoms with Gasteiger partial charge in [-0.05, 0) is 23.3 Å². The lowest BCUT2D eigenvalue weighted by atomic mass is 10.0. The van der Waals surface area contributed by atoms with Crippen molar-refractivity contribution in [3.8, 4) is 16.9 Å². The number of hydrogen-bond donors (Lipinski definition) is 0. The van der Waals surface area contributed by atoms with Gasteiger partial charge in [0, 0.05) is 12.5 Å². The van der Waals surface area contributed by atoms with Gasteiger partial charge in [0.2, 0.25) is 0 Å². The van der Waals surface area contributed by atoms with E-state index in [0.717, 1.165) is 16.7 Å². The fourth-order valence-electron chi connectivity index (χ4n) is 1.77. The first kappa shape index (κ1) is 12.1. The van der Waals surface area contributed by atoms with E-state index in [-0.39, 0.29) is 5.97 Å². The third-order valence-electron chi connectivity index (χ3n) is 2.59. The highest BCUT2D eigenvalue weighted by molar-refractivity contribution is 5.74. The first-order valence-corrected chi connectivity index (χ1v) is 5.71. The van der Waals surface area contributed by atoms with E-state index in [4.69, 9.17) is 4.74 Å². The van der Waals surface area contributed by atoms with Gasteiger partial charge in [-0.1, -0.05) is 49.1 Å². The summed E-state index contributed by atoms with van der Waals surface area (Å²) in [6, 6.07) is 15.7. The minimum Gasteiger partial charge on any atom is -0.426 e. The summed E-state index contributed by atoms with van der Waals surface area (Å²) in [6.07, 6.45) is 1.69. The number of hydrogen-bond acceptors (Lipinski definition) is 2. The van der Waals surface area contributed by atoms with Gasteiger partial charge in [-0.25, -0.2) is 0 Å². The molecule has 0 aliphatic heterocycles. The van der Waals surface area contributed by atoms with Gasteiger partial charge in [-0.15, -0.1) is 0 Å². The molecule has 2 aromatic rings. The summed E-state index contributed by atoms with van der Waals surface area (Å²) in [5.41, 5.74) is 3.00. The van der Waals surface area contributed by atoms with Crippen LogP contribution in [0.15, 0.2) is 55.1 Å². The fraction of sp³-hybridized carbons (Fsp3) is 0.0625. The summed E-state index contributed by atoms with van der Waals surface area (Å²) < 4.78 is 5.12. The standard InChI is InChI=1S/C16H14O2/c1-3-13-11-15(14-7-5-4-6-8-14)9-10-16(13)18-12(2)17/h3-11H,1H2,2H3. The number of carbonyl (C=O) groups is 1. The van der Waals surface area contributed by atoms with E-state index in [0.29, 0.717) is 5.75 Å². The molecule has 2 aromatic carbocycles. The third kappa shape index (κ3) is 2.66. The SMILES string of the molecule is C=Cc1cc(-c2ccccc2)ccc1OC(C)=O. The topological polar surface area (TPSA) is 26.3 Å². The van der Waals surface area contributed by atoms with Crippen LogP contribution in [0, 0.1) is 0 Å². The summed E-state index contributed by atoms with van der Waals surface area (Å²) in [4.78, 5) is 11.0. The Hall–Kier alpha value is -2.35. The highest BCUT2D eigenvalue weighted by Gasteiger charge is 2.06. The maximum Gasteiger partial charge on any atom is 0.308 e. The van der Waals surface area contributed by atoms with Crippen molar-refractivity contribution in [3.63, 3.8) is 0 Å². The average molecular weight is 238 g/mol. The second kappa shape index (κ2) is 5.32. The van der Waals surface area contributed by atoms with E-state index in [1.165, 1.54) is 6.92 Å². The maximum absolute atomic E-state index is 11.0. The molecule has 0 bridgehead atoms. The van der Waals surface area contributed by atoms with E-state index >= 15 is 0 Å². The van der Waals surface area contributed by atoms with Crippen LogP contribution in [0.2, 0.25) is 0 Å². The van der Waals surface area contributed by atoms with Crippen LogP contribution in [0.4, 0.5) is 0 Å². The van der Waals surface area contributed by atoms with Crippen molar-refractivity contribution in [2.45, 2.75) is 6.92 Å². The van der Waals surface area contributed by atoms with Crippen LogP contribution in [-0.4, -0.2) is 5.97 Å². The zero-order valence-electron chi connectivity index (χ0n) is 10.2. The highest BCUT2D eigenvalue weighted by Crippen LogP contribution is 2.27. The van der Waals surface area contributed by atoms with Crippen LogP contribution in [0.1, 0.15) is 12.5 Å². The Morgan fingerprint density at radius 1 is 1.11 bits per heavy atom. The Kier molecular flexibility index (Phi) is 3.58. The Morgan fingerprint density at radius 3 is 2.44 bits per heavy atom. The van der Waals surface area contributed by atoms with Crippen LogP contribution in [0.5, 0.6) is 5.75 Å². The molecule has 0 atom stereocenters. The summed E-state index contributed by atoms with van der Waals surface area (Å²) in [5.74, 6) is 0.211. The molecule has 2 heteroatoms. The molecule has 18 heavy (non-hydrogen) atoms. The van der Waals surface area contributed by atoms with Crippen molar-refractivity contribution >= 4 is 12.0 Å². The second-order valence-corrected chi connectivity index (χ2v) is 3.92. The van der Waals surface area contributed by atoms with E-state index in [1.54, 1.807) is 12.1 Å². The highest BCUT2D eigenvalue weighted by atomic mass is 16.5. The molecule has 2 rings (SSSR count). The predicted molar refractivity (Wildman–Crippen MR) is 73.3 cm³/mol. The van der Waals surface area contributed by atoms with Gasteiger partial charge in [0.1, 0.15) is 5.75 Å². The minimum absolute atomic E-state index is 0.328. The molecular formula is C16H14O2. The molecule has 0 heterocycles. The summed E-state index contributed by atoms with van der Waals surface area (Å²) >= 11 is 0. The molecule has 0 radical (unpaired) electrons. The first-order chi connectivity index (χ1) is 8.70. The Labute approximate surface area is 107 Å². The van der Waals surface area contributed by atoms with Crippen molar-refractivity contribution in [3.05, 3.63) is 60.7 Å². The van der Waals surface area contributed by atoms with Gasteiger partial charge in [-0.2, -0.15) is 0 Å². The molecule has 2 nitrogen and oxygen atoms in total. The van der Waals surface area contributed by atoms with Crippen LogP contribution in [-0.2, 0) is 4.79 Å². The average Bonchev–Trinajstić information content (AvgIpc) is 2.39. The molecule has 0 spiro atoms. The number of esters is 1. The molecule has 90 valence electrons. The lowest BCUT2D eigenvalue weighted by Gasteiger charge is -2.08. The zero-order valence-corrected chi connectivity index (χ0v) is 10.2. The quantitative estimate of drug-likeness (QED) is 0.598.